The first-order valence-electron chi connectivity index (χ1n) is 36.2. The maximum atomic E-state index is 11.0. The predicted molar refractivity (Wildman–Crippen MR) is 298 cm³/mol. The second-order valence-electron chi connectivity index (χ2n) is 19.6. The number of hydrogen-bond donors (Lipinski definition) is 0. The molecule has 6 heteroatoms. The van der Waals surface area contributed by atoms with Crippen molar-refractivity contribution in [3.8, 4) is 11.4 Å². The average Bonchev–Trinajstić information content (AvgIpc) is 1.65. The van der Waals surface area contributed by atoms with Crippen molar-refractivity contribution < 1.29 is 38.4 Å². The molecule has 0 unspecified atom stereocenters. The standard InChI is InChI=1S/C63H49BN4S/c1-36-30-55-59-56(31-36)68-52-19-12-16-44-41-14-8-10-18-49(41)67(60(44)52)53-20-13-17-48(61(53)68)64(59)47-27-25-39(34-54(47)66(55)40-24-26-43-42-15-9-11-21-57(42)69-58(43)35-40)65-50-28-22-37(62(2,3)4)32-45(50)46-33-38(63(5,6)7)23-29-51(46)65/h8-35H,1-7H3/i8D,9D,10D,11D,12D,13D,14D,15D,16D,17D,18D,19D,20D,21D,22D,23D,24D,25D,26D,27D,28D,29D,30D,31D,32D,33D,34D,35D. The van der Waals surface area contributed by atoms with E-state index in [4.69, 9.17) is 8.22 Å². The Kier molecular flexibility index (Phi) is 4.07. The molecule has 0 fully saturated rings. The van der Waals surface area contributed by atoms with Crippen LogP contribution in [0.5, 0.6) is 0 Å². The molecule has 9 aromatic carbocycles. The van der Waals surface area contributed by atoms with E-state index in [1.54, 1.807) is 41.5 Å². The van der Waals surface area contributed by atoms with Crippen LogP contribution in [0.3, 0.4) is 0 Å². The highest BCUT2D eigenvalue weighted by Crippen LogP contribution is 2.53. The molecule has 3 aromatic heterocycles. The van der Waals surface area contributed by atoms with Crippen LogP contribution in [0.1, 0.15) is 96.6 Å². The Balaban J connectivity index is 1.22. The molecule has 0 N–H and O–H groups in total. The predicted octanol–water partition coefficient (Wildman–Crippen LogP) is 15.5. The average molecular weight is 933 g/mol. The smallest absolute Gasteiger partial charge is 0.252 e. The monoisotopic (exact) mass is 933 g/mol. The lowest BCUT2D eigenvalue weighted by Crippen LogP contribution is -2.61. The molecule has 0 saturated carbocycles. The van der Waals surface area contributed by atoms with Crippen LogP contribution in [0.2, 0.25) is 0 Å². The Morgan fingerprint density at radius 3 is 1.81 bits per heavy atom. The number of para-hydroxylation sites is 3. The summed E-state index contributed by atoms with van der Waals surface area (Å²) in [5, 5.41) is -1.48. The summed E-state index contributed by atoms with van der Waals surface area (Å²) < 4.78 is 275. The van der Waals surface area contributed by atoms with Crippen molar-refractivity contribution in [3.63, 3.8) is 0 Å². The van der Waals surface area contributed by atoms with Crippen LogP contribution in [-0.2, 0) is 10.8 Å². The van der Waals surface area contributed by atoms with Gasteiger partial charge >= 0.3 is 0 Å². The van der Waals surface area contributed by atoms with Gasteiger partial charge in [-0.1, -0.05) is 126 Å². The Bertz CT molecular complexity index is 5850. The molecular weight excluding hydrogens is 856 g/mol. The second-order valence-corrected chi connectivity index (χ2v) is 20.6. The molecule has 0 radical (unpaired) electrons. The highest BCUT2D eigenvalue weighted by Gasteiger charge is 2.46. The van der Waals surface area contributed by atoms with Crippen molar-refractivity contribution in [2.75, 3.05) is 9.80 Å². The number of fused-ring (bicyclic) bond motifs is 15. The van der Waals surface area contributed by atoms with Crippen LogP contribution >= 0.6 is 11.3 Å². The molecule has 0 aliphatic carbocycles. The third-order valence-corrected chi connectivity index (χ3v) is 14.3. The van der Waals surface area contributed by atoms with Crippen LogP contribution < -0.4 is 26.2 Å². The van der Waals surface area contributed by atoms with Crippen molar-refractivity contribution in [1.82, 2.24) is 9.13 Å². The molecule has 0 bridgehead atoms. The lowest BCUT2D eigenvalue weighted by atomic mass is 9.33. The summed E-state index contributed by atoms with van der Waals surface area (Å²) in [7, 11) is 0. The number of rotatable bonds is 2. The maximum absolute atomic E-state index is 11.0. The normalized spacial score (nSPS) is 19.6. The van der Waals surface area contributed by atoms with Crippen LogP contribution in [0.4, 0.5) is 34.1 Å². The number of hydrogen-bond acceptors (Lipinski definition) is 3. The molecule has 0 spiro atoms. The topological polar surface area (TPSA) is 16.3 Å². The Hall–Kier alpha value is -7.54. The minimum absolute atomic E-state index is 0.0417. The van der Waals surface area contributed by atoms with Crippen LogP contribution in [0.15, 0.2) is 169 Å². The van der Waals surface area contributed by atoms with Gasteiger partial charge in [0.15, 0.2) is 0 Å². The number of benzene rings is 9. The lowest BCUT2D eigenvalue weighted by Gasteiger charge is -2.46. The summed E-state index contributed by atoms with van der Waals surface area (Å²) >= 11 is 0.667. The fraction of sp³-hybridized carbons (Fsp3) is 0.143. The lowest BCUT2D eigenvalue weighted by molar-refractivity contribution is 0.590. The quantitative estimate of drug-likeness (QED) is 0.161. The van der Waals surface area contributed by atoms with E-state index in [0.717, 1.165) is 14.0 Å². The van der Waals surface area contributed by atoms with Gasteiger partial charge in [-0.2, -0.15) is 0 Å². The van der Waals surface area contributed by atoms with Gasteiger partial charge in [0.05, 0.1) is 77.5 Å². The third-order valence-electron chi connectivity index (χ3n) is 13.3. The van der Waals surface area contributed by atoms with E-state index in [1.165, 1.54) is 11.8 Å². The number of thiophene rings is 1. The molecule has 69 heavy (non-hydrogen) atoms. The minimum Gasteiger partial charge on any atom is -0.311 e. The van der Waals surface area contributed by atoms with Gasteiger partial charge in [0.1, 0.15) is 0 Å². The second kappa shape index (κ2) is 13.4. The number of nitrogens with zero attached hydrogens (tertiary/aromatic N) is 4. The van der Waals surface area contributed by atoms with E-state index in [1.807, 2.05) is 0 Å². The van der Waals surface area contributed by atoms with Crippen molar-refractivity contribution in [3.05, 3.63) is 186 Å². The van der Waals surface area contributed by atoms with Gasteiger partial charge in [-0.3, -0.25) is 0 Å². The number of anilines is 6. The SMILES string of the molecule is [2H]c1c([2H])c2c3c(c1[2H])-n1c4c([2H])c([2H])c([2H])c([2H])c4c4c([2H])c([2H])c([2H])c(c41)N3c1c([2H])c(C)c([2H])c3c1B2c1c([2H])c([2H])c(-n2c4c([2H])c([2H])c(C(C)(C)C)c([2H])c4c4c([2H])c(C(C)(C)C)c([2H])c([2H])c42)c([2H])c1N3c1c([2H])c([2H])c2c(sc3c([2H])c([2H])c([2H])c([2H])c32)c1[2H]. The van der Waals surface area contributed by atoms with Gasteiger partial charge in [0.25, 0.3) is 6.71 Å². The first-order valence-corrected chi connectivity index (χ1v) is 23.0. The first kappa shape index (κ1) is 21.0. The van der Waals surface area contributed by atoms with E-state index in [2.05, 4.69) is 0 Å². The molecule has 0 amide bonds. The van der Waals surface area contributed by atoms with Gasteiger partial charge in [-0.15, -0.1) is 11.3 Å². The van der Waals surface area contributed by atoms with Crippen LogP contribution in [-0.4, -0.2) is 15.8 Å². The van der Waals surface area contributed by atoms with Gasteiger partial charge in [0.2, 0.25) is 0 Å². The molecular formula is C63H49BN4S. The van der Waals surface area contributed by atoms with Gasteiger partial charge < -0.3 is 18.9 Å². The summed E-state index contributed by atoms with van der Waals surface area (Å²) in [6.07, 6.45) is 0. The summed E-state index contributed by atoms with van der Waals surface area (Å²) in [5.74, 6) is 0. The third kappa shape index (κ3) is 5.25. The van der Waals surface area contributed by atoms with E-state index >= 15 is 0 Å². The van der Waals surface area contributed by atoms with Crippen molar-refractivity contribution in [1.29, 1.82) is 0 Å². The Morgan fingerprint density at radius 2 is 1.06 bits per heavy atom. The van der Waals surface area contributed by atoms with E-state index < -0.39 is 225 Å². The van der Waals surface area contributed by atoms with E-state index in [9.17, 15) is 30.2 Å². The molecule has 0 saturated heterocycles. The molecule has 330 valence electrons. The molecule has 3 aliphatic heterocycles. The van der Waals surface area contributed by atoms with Gasteiger partial charge in [-0.05, 0) is 135 Å². The minimum atomic E-state index is -1.91. The first-order chi connectivity index (χ1) is 45.1. The van der Waals surface area contributed by atoms with Gasteiger partial charge in [-0.25, -0.2) is 0 Å². The molecule has 12 aromatic rings. The van der Waals surface area contributed by atoms with Gasteiger partial charge in [0, 0.05) is 70.2 Å². The van der Waals surface area contributed by atoms with E-state index in [0.29, 0.717) is 11.3 Å². The fourth-order valence-electron chi connectivity index (χ4n) is 10.2. The summed E-state index contributed by atoms with van der Waals surface area (Å²) in [4.78, 5) is 2.22. The van der Waals surface area contributed by atoms with Crippen molar-refractivity contribution >= 4 is 132 Å². The summed E-state index contributed by atoms with van der Waals surface area (Å²) in [6, 6.07) is -19.3. The summed E-state index contributed by atoms with van der Waals surface area (Å²) in [5.41, 5.74) is -8.84. The zero-order valence-electron chi connectivity index (χ0n) is 65.8. The van der Waals surface area contributed by atoms with Crippen LogP contribution in [0, 0.1) is 6.92 Å². The summed E-state index contributed by atoms with van der Waals surface area (Å²) in [6.45, 7) is 9.68. The molecule has 4 nitrogen and oxygen atoms in total. The molecule has 6 heterocycles. The molecule has 15 rings (SSSR count). The highest BCUT2D eigenvalue weighted by atomic mass is 32.1. The number of aromatic nitrogens is 2. The zero-order chi connectivity index (χ0) is 70.8. The highest BCUT2D eigenvalue weighted by molar-refractivity contribution is 7.25. The van der Waals surface area contributed by atoms with Crippen LogP contribution in [0.25, 0.3) is 75.2 Å². The Labute approximate surface area is 445 Å². The zero-order valence-corrected chi connectivity index (χ0v) is 38.6. The molecule has 3 aliphatic rings. The van der Waals surface area contributed by atoms with Crippen molar-refractivity contribution in [2.24, 2.45) is 0 Å². The van der Waals surface area contributed by atoms with Crippen molar-refractivity contribution in [2.45, 2.75) is 59.3 Å². The Morgan fingerprint density at radius 1 is 0.435 bits per heavy atom. The maximum Gasteiger partial charge on any atom is 0.252 e. The molecule has 0 atom stereocenters. The fourth-order valence-corrected chi connectivity index (χ4v) is 11.1. The largest absolute Gasteiger partial charge is 0.311 e. The van der Waals surface area contributed by atoms with E-state index in [-0.39, 0.29) is 104 Å².